The number of alkyl halides is 1. The van der Waals surface area contributed by atoms with Gasteiger partial charge in [0, 0.05) is 13.0 Å². The summed E-state index contributed by atoms with van der Waals surface area (Å²) in [6.07, 6.45) is 2.28. The van der Waals surface area contributed by atoms with Gasteiger partial charge in [0.1, 0.15) is 12.0 Å². The molecule has 1 nitrogen and oxygen atoms in total. The van der Waals surface area contributed by atoms with Crippen LogP contribution in [-0.4, -0.2) is 30.2 Å². The minimum Gasteiger partial charge on any atom is -0.294 e. The van der Waals surface area contributed by atoms with Crippen LogP contribution in [0.5, 0.6) is 0 Å². The summed E-state index contributed by atoms with van der Waals surface area (Å²) in [6.45, 7) is 4.00. The zero-order valence-corrected chi connectivity index (χ0v) is 8.55. The lowest BCUT2D eigenvalue weighted by Gasteiger charge is -2.30. The fraction of sp³-hybridized carbons (Fsp3) is 0.818. The van der Waals surface area contributed by atoms with Gasteiger partial charge in [0.15, 0.2) is 0 Å². The van der Waals surface area contributed by atoms with Gasteiger partial charge in [0.2, 0.25) is 0 Å². The molecule has 2 aliphatic rings. The lowest BCUT2D eigenvalue weighted by atomic mass is 9.98. The van der Waals surface area contributed by atoms with Crippen molar-refractivity contribution < 1.29 is 8.78 Å². The zero-order valence-electron chi connectivity index (χ0n) is 8.55. The molecular formula is C11H17F2N. The first-order valence-corrected chi connectivity index (χ1v) is 5.40. The molecule has 0 spiro atoms. The molecule has 3 heteroatoms. The number of rotatable bonds is 1. The molecule has 0 aromatic carbocycles. The molecule has 80 valence electrons. The maximum atomic E-state index is 13.5. The Morgan fingerprint density at radius 3 is 2.93 bits per heavy atom. The summed E-state index contributed by atoms with van der Waals surface area (Å²) >= 11 is 0. The van der Waals surface area contributed by atoms with Crippen molar-refractivity contribution in [1.29, 1.82) is 0 Å². The van der Waals surface area contributed by atoms with Gasteiger partial charge in [0.25, 0.3) is 0 Å². The molecule has 0 radical (unpaired) electrons. The predicted molar refractivity (Wildman–Crippen MR) is 52.5 cm³/mol. The smallest absolute Gasteiger partial charge is 0.113 e. The summed E-state index contributed by atoms with van der Waals surface area (Å²) in [5, 5.41) is 0. The van der Waals surface area contributed by atoms with E-state index in [2.05, 4.69) is 11.8 Å². The Balaban J connectivity index is 2.02. The highest BCUT2D eigenvalue weighted by atomic mass is 19.1. The van der Waals surface area contributed by atoms with Gasteiger partial charge < -0.3 is 0 Å². The third-order valence-corrected chi connectivity index (χ3v) is 3.26. The van der Waals surface area contributed by atoms with Crippen molar-refractivity contribution in [1.82, 2.24) is 4.90 Å². The van der Waals surface area contributed by atoms with Gasteiger partial charge in [-0.3, -0.25) is 4.90 Å². The lowest BCUT2D eigenvalue weighted by molar-refractivity contribution is 0.167. The maximum Gasteiger partial charge on any atom is 0.113 e. The second-order valence-electron chi connectivity index (χ2n) is 4.56. The van der Waals surface area contributed by atoms with Crippen molar-refractivity contribution in [2.24, 2.45) is 5.92 Å². The Kier molecular flexibility index (Phi) is 2.86. The first-order valence-electron chi connectivity index (χ1n) is 5.40. The quantitative estimate of drug-likeness (QED) is 0.630. The largest absolute Gasteiger partial charge is 0.294 e. The van der Waals surface area contributed by atoms with Crippen LogP contribution in [0.2, 0.25) is 0 Å². The van der Waals surface area contributed by atoms with Crippen LogP contribution in [0.15, 0.2) is 11.9 Å². The molecule has 0 aromatic heterocycles. The Labute approximate surface area is 83.8 Å². The number of nitrogens with zero attached hydrogens (tertiary/aromatic N) is 1. The van der Waals surface area contributed by atoms with E-state index >= 15 is 0 Å². The number of hydrogen-bond donors (Lipinski definition) is 0. The van der Waals surface area contributed by atoms with Crippen molar-refractivity contribution >= 4 is 0 Å². The molecule has 1 heterocycles. The van der Waals surface area contributed by atoms with Crippen LogP contribution in [0.3, 0.4) is 0 Å². The minimum atomic E-state index is -0.851. The molecule has 0 bridgehead atoms. The van der Waals surface area contributed by atoms with Crippen molar-refractivity contribution in [2.45, 2.75) is 38.4 Å². The van der Waals surface area contributed by atoms with E-state index in [1.807, 2.05) is 0 Å². The molecule has 0 saturated carbocycles. The molecule has 1 fully saturated rings. The molecule has 3 atom stereocenters. The average Bonchev–Trinajstić information content (AvgIpc) is 2.56. The van der Waals surface area contributed by atoms with E-state index in [0.29, 0.717) is 12.3 Å². The van der Waals surface area contributed by atoms with Crippen molar-refractivity contribution in [2.75, 3.05) is 13.1 Å². The van der Waals surface area contributed by atoms with E-state index in [-0.39, 0.29) is 18.3 Å². The molecule has 0 N–H and O–H groups in total. The van der Waals surface area contributed by atoms with Crippen molar-refractivity contribution in [3.05, 3.63) is 11.9 Å². The van der Waals surface area contributed by atoms with Gasteiger partial charge in [-0.1, -0.05) is 6.92 Å². The summed E-state index contributed by atoms with van der Waals surface area (Å²) < 4.78 is 26.6. The van der Waals surface area contributed by atoms with Gasteiger partial charge in [0.05, 0.1) is 6.04 Å². The van der Waals surface area contributed by atoms with Crippen LogP contribution in [-0.2, 0) is 0 Å². The van der Waals surface area contributed by atoms with E-state index < -0.39 is 6.17 Å². The summed E-state index contributed by atoms with van der Waals surface area (Å²) in [5.41, 5.74) is 0. The van der Waals surface area contributed by atoms with Crippen LogP contribution in [0.25, 0.3) is 0 Å². The summed E-state index contributed by atoms with van der Waals surface area (Å²) in [6, 6.07) is -0.274. The number of allylic oxidation sites excluding steroid dienone is 1. The van der Waals surface area contributed by atoms with E-state index in [4.69, 9.17) is 0 Å². The predicted octanol–water partition coefficient (Wildman–Crippen LogP) is 2.68. The Morgan fingerprint density at radius 1 is 1.50 bits per heavy atom. The SMILES string of the molecule is CC1CCN(C2CC(F)CC=C2F)C1. The van der Waals surface area contributed by atoms with Crippen LogP contribution in [0.1, 0.15) is 26.2 Å². The number of likely N-dealkylation sites (tertiary alicyclic amines) is 1. The second-order valence-corrected chi connectivity index (χ2v) is 4.56. The fourth-order valence-electron chi connectivity index (χ4n) is 2.40. The molecule has 0 aromatic rings. The van der Waals surface area contributed by atoms with Gasteiger partial charge in [-0.25, -0.2) is 8.78 Å². The monoisotopic (exact) mass is 201 g/mol. The molecule has 0 amide bonds. The first-order chi connectivity index (χ1) is 6.66. The zero-order chi connectivity index (χ0) is 10.1. The molecule has 1 aliphatic carbocycles. The Hall–Kier alpha value is -0.440. The molecular weight excluding hydrogens is 184 g/mol. The topological polar surface area (TPSA) is 3.24 Å². The van der Waals surface area contributed by atoms with Crippen LogP contribution in [0, 0.1) is 5.92 Å². The summed E-state index contributed by atoms with van der Waals surface area (Å²) in [5.74, 6) is 0.510. The van der Waals surface area contributed by atoms with Gasteiger partial charge in [-0.15, -0.1) is 0 Å². The molecule has 2 rings (SSSR count). The van der Waals surface area contributed by atoms with E-state index in [1.54, 1.807) is 0 Å². The van der Waals surface area contributed by atoms with Gasteiger partial charge >= 0.3 is 0 Å². The normalized spacial score (nSPS) is 39.9. The molecule has 3 unspecified atom stereocenters. The van der Waals surface area contributed by atoms with Crippen molar-refractivity contribution in [3.8, 4) is 0 Å². The highest BCUT2D eigenvalue weighted by Gasteiger charge is 2.32. The van der Waals surface area contributed by atoms with Crippen LogP contribution < -0.4 is 0 Å². The maximum absolute atomic E-state index is 13.5. The van der Waals surface area contributed by atoms with E-state index in [0.717, 1.165) is 19.5 Å². The molecule has 14 heavy (non-hydrogen) atoms. The number of halogens is 2. The third kappa shape index (κ3) is 1.97. The summed E-state index contributed by atoms with van der Waals surface area (Å²) in [7, 11) is 0. The second kappa shape index (κ2) is 3.97. The van der Waals surface area contributed by atoms with E-state index in [1.165, 1.54) is 6.08 Å². The van der Waals surface area contributed by atoms with E-state index in [9.17, 15) is 8.78 Å². The van der Waals surface area contributed by atoms with Crippen LogP contribution in [0.4, 0.5) is 8.78 Å². The number of hydrogen-bond acceptors (Lipinski definition) is 1. The fourth-order valence-corrected chi connectivity index (χ4v) is 2.40. The highest BCUT2D eigenvalue weighted by molar-refractivity contribution is 5.09. The minimum absolute atomic E-state index is 0.118. The van der Waals surface area contributed by atoms with Gasteiger partial charge in [-0.05, 0) is 31.4 Å². The van der Waals surface area contributed by atoms with Crippen molar-refractivity contribution in [3.63, 3.8) is 0 Å². The average molecular weight is 201 g/mol. The Morgan fingerprint density at radius 2 is 2.29 bits per heavy atom. The summed E-state index contributed by atoms with van der Waals surface area (Å²) in [4.78, 5) is 2.09. The molecule has 1 saturated heterocycles. The first kappa shape index (κ1) is 10.1. The molecule has 1 aliphatic heterocycles. The Bertz CT molecular complexity index is 239. The highest BCUT2D eigenvalue weighted by Crippen LogP contribution is 2.30. The third-order valence-electron chi connectivity index (χ3n) is 3.26. The van der Waals surface area contributed by atoms with Crippen LogP contribution >= 0.6 is 0 Å². The standard InChI is InChI=1S/C11H17F2N/c1-8-4-5-14(7-8)11-6-9(12)2-3-10(11)13/h3,8-9,11H,2,4-7H2,1H3. The van der Waals surface area contributed by atoms with Gasteiger partial charge in [-0.2, -0.15) is 0 Å². The lowest BCUT2D eigenvalue weighted by Crippen LogP contribution is -2.37.